The number of rotatable bonds is 11. The number of anilines is 1. The predicted molar refractivity (Wildman–Crippen MR) is 143 cm³/mol. The van der Waals surface area contributed by atoms with Crippen LogP contribution < -0.4 is 15.0 Å². The largest absolute Gasteiger partial charge is 0.497 e. The van der Waals surface area contributed by atoms with Gasteiger partial charge in [-0.05, 0) is 37.6 Å². The van der Waals surface area contributed by atoms with Crippen molar-refractivity contribution >= 4 is 35.6 Å². The van der Waals surface area contributed by atoms with Gasteiger partial charge in [-0.15, -0.1) is 34.2 Å². The van der Waals surface area contributed by atoms with E-state index in [4.69, 9.17) is 14.5 Å². The zero-order chi connectivity index (χ0) is 22.6. The van der Waals surface area contributed by atoms with Gasteiger partial charge in [0, 0.05) is 71.1 Å². The van der Waals surface area contributed by atoms with Gasteiger partial charge in [-0.1, -0.05) is 6.92 Å². The molecule has 1 fully saturated rings. The molecule has 1 N–H and O–H groups in total. The number of nitrogens with zero attached hydrogens (tertiary/aromatic N) is 6. The number of aryl methyl sites for hydroxylation is 1. The van der Waals surface area contributed by atoms with Crippen LogP contribution in [-0.4, -0.2) is 85.2 Å². The van der Waals surface area contributed by atoms with E-state index in [0.717, 1.165) is 89.4 Å². The van der Waals surface area contributed by atoms with Gasteiger partial charge in [-0.2, -0.15) is 0 Å². The fraction of sp³-hybridized carbons (Fsp3) is 0.609. The van der Waals surface area contributed by atoms with Crippen LogP contribution in [0.2, 0.25) is 0 Å². The molecule has 1 aromatic heterocycles. The predicted octanol–water partition coefficient (Wildman–Crippen LogP) is 2.66. The second-order valence-electron chi connectivity index (χ2n) is 7.65. The van der Waals surface area contributed by atoms with Gasteiger partial charge in [-0.25, -0.2) is 0 Å². The Balaban J connectivity index is 0.00000385. The Morgan fingerprint density at radius 2 is 1.88 bits per heavy atom. The molecule has 2 aromatic rings. The molecule has 1 aromatic carbocycles. The molecule has 0 saturated carbocycles. The molecular formula is C23H38IN7O2. The minimum atomic E-state index is 0. The smallest absolute Gasteiger partial charge is 0.194 e. The summed E-state index contributed by atoms with van der Waals surface area (Å²) in [7, 11) is 1.70. The second-order valence-corrected chi connectivity index (χ2v) is 7.65. The first-order valence-electron chi connectivity index (χ1n) is 11.6. The van der Waals surface area contributed by atoms with E-state index < -0.39 is 0 Å². The molecule has 0 atom stereocenters. The topological polar surface area (TPSA) is 80.0 Å². The first-order chi connectivity index (χ1) is 15.7. The maximum Gasteiger partial charge on any atom is 0.194 e. The van der Waals surface area contributed by atoms with Gasteiger partial charge in [0.05, 0.1) is 7.11 Å². The summed E-state index contributed by atoms with van der Waals surface area (Å²) in [4.78, 5) is 9.64. The van der Waals surface area contributed by atoms with Crippen molar-refractivity contribution in [2.24, 2.45) is 4.99 Å². The lowest BCUT2D eigenvalue weighted by Gasteiger charge is -2.38. The van der Waals surface area contributed by atoms with Crippen LogP contribution in [0.4, 0.5) is 5.69 Å². The van der Waals surface area contributed by atoms with Crippen LogP contribution in [0.25, 0.3) is 0 Å². The quantitative estimate of drug-likeness (QED) is 0.192. The third-order valence-electron chi connectivity index (χ3n) is 5.58. The molecule has 1 saturated heterocycles. The summed E-state index contributed by atoms with van der Waals surface area (Å²) in [6, 6.07) is 8.29. The molecule has 0 radical (unpaired) electrons. The van der Waals surface area contributed by atoms with E-state index in [1.807, 2.05) is 19.1 Å². The van der Waals surface area contributed by atoms with Crippen molar-refractivity contribution in [1.82, 2.24) is 25.0 Å². The van der Waals surface area contributed by atoms with E-state index in [1.165, 1.54) is 5.69 Å². The number of aromatic nitrogens is 3. The van der Waals surface area contributed by atoms with Gasteiger partial charge in [0.15, 0.2) is 5.96 Å². The molecule has 1 aliphatic rings. The first-order valence-corrected chi connectivity index (χ1v) is 11.6. The summed E-state index contributed by atoms with van der Waals surface area (Å²) in [5.41, 5.74) is 1.23. The lowest BCUT2D eigenvalue weighted by molar-refractivity contribution is 0.146. The van der Waals surface area contributed by atoms with E-state index in [9.17, 15) is 0 Å². The molecule has 0 bridgehead atoms. The normalized spacial score (nSPS) is 14.2. The maximum atomic E-state index is 5.46. The highest BCUT2D eigenvalue weighted by Crippen LogP contribution is 2.20. The van der Waals surface area contributed by atoms with Crippen molar-refractivity contribution in [3.63, 3.8) is 0 Å². The van der Waals surface area contributed by atoms with E-state index >= 15 is 0 Å². The third kappa shape index (κ3) is 8.33. The number of nitrogens with one attached hydrogen (secondary N) is 1. The SMILES string of the molecule is CCOCCCN=C(NCCn1cnnc1CC)N1CCN(c2ccc(OC)cc2)CC1.I. The van der Waals surface area contributed by atoms with Crippen molar-refractivity contribution in [2.45, 2.75) is 33.2 Å². The maximum absolute atomic E-state index is 5.46. The number of hydrogen-bond acceptors (Lipinski definition) is 6. The van der Waals surface area contributed by atoms with Crippen LogP contribution in [0, 0.1) is 0 Å². The van der Waals surface area contributed by atoms with Crippen molar-refractivity contribution in [3.05, 3.63) is 36.4 Å². The van der Waals surface area contributed by atoms with Crippen LogP contribution in [0.15, 0.2) is 35.6 Å². The number of guanidine groups is 1. The van der Waals surface area contributed by atoms with Crippen LogP contribution >= 0.6 is 24.0 Å². The summed E-state index contributed by atoms with van der Waals surface area (Å²) >= 11 is 0. The molecule has 9 nitrogen and oxygen atoms in total. The van der Waals surface area contributed by atoms with E-state index in [1.54, 1.807) is 13.4 Å². The molecule has 0 aliphatic carbocycles. The number of aliphatic imine (C=N–C) groups is 1. The fourth-order valence-electron chi connectivity index (χ4n) is 3.76. The van der Waals surface area contributed by atoms with Crippen molar-refractivity contribution in [3.8, 4) is 5.75 Å². The highest BCUT2D eigenvalue weighted by molar-refractivity contribution is 14.0. The van der Waals surface area contributed by atoms with Crippen molar-refractivity contribution < 1.29 is 9.47 Å². The molecule has 2 heterocycles. The van der Waals surface area contributed by atoms with Crippen LogP contribution in [0.1, 0.15) is 26.1 Å². The number of hydrogen-bond donors (Lipinski definition) is 1. The summed E-state index contributed by atoms with van der Waals surface area (Å²) in [5.74, 6) is 2.87. The number of benzene rings is 1. The Morgan fingerprint density at radius 3 is 2.55 bits per heavy atom. The van der Waals surface area contributed by atoms with Gasteiger partial charge in [-0.3, -0.25) is 4.99 Å². The zero-order valence-electron chi connectivity index (χ0n) is 20.1. The molecule has 0 spiro atoms. The van der Waals surface area contributed by atoms with E-state index in [2.05, 4.69) is 48.9 Å². The Bertz CT molecular complexity index is 820. The molecular weight excluding hydrogens is 533 g/mol. The standard InChI is InChI=1S/C23H37N7O2.HI/c1-4-22-27-26-19-30(22)13-12-25-23(24-11-6-18-32-5-2)29-16-14-28(15-17-29)20-7-9-21(31-3)10-8-20;/h7-10,19H,4-6,11-18H2,1-3H3,(H,24,25);1H. The van der Waals surface area contributed by atoms with Gasteiger partial charge in [0.2, 0.25) is 0 Å². The lowest BCUT2D eigenvalue weighted by Crippen LogP contribution is -2.53. The summed E-state index contributed by atoms with van der Waals surface area (Å²) in [6.45, 7) is 11.7. The first kappa shape index (κ1) is 27.2. The summed E-state index contributed by atoms with van der Waals surface area (Å²) in [6.07, 6.45) is 3.61. The monoisotopic (exact) mass is 571 g/mol. The number of piperazine rings is 1. The lowest BCUT2D eigenvalue weighted by atomic mass is 10.2. The fourth-order valence-corrected chi connectivity index (χ4v) is 3.76. The van der Waals surface area contributed by atoms with Gasteiger partial charge in [0.25, 0.3) is 0 Å². The molecule has 0 unspecified atom stereocenters. The molecule has 3 rings (SSSR count). The van der Waals surface area contributed by atoms with E-state index in [-0.39, 0.29) is 24.0 Å². The summed E-state index contributed by atoms with van der Waals surface area (Å²) < 4.78 is 12.8. The number of ether oxygens (including phenoxy) is 2. The summed E-state index contributed by atoms with van der Waals surface area (Å²) in [5, 5.41) is 11.8. The Morgan fingerprint density at radius 1 is 1.12 bits per heavy atom. The molecule has 33 heavy (non-hydrogen) atoms. The second kappa shape index (κ2) is 14.9. The average molecular weight is 572 g/mol. The van der Waals surface area contributed by atoms with Crippen molar-refractivity contribution in [1.29, 1.82) is 0 Å². The highest BCUT2D eigenvalue weighted by Gasteiger charge is 2.20. The van der Waals surface area contributed by atoms with Crippen molar-refractivity contribution in [2.75, 3.05) is 64.5 Å². The Kier molecular flexibility index (Phi) is 12.3. The van der Waals surface area contributed by atoms with Crippen LogP contribution in [-0.2, 0) is 17.7 Å². The number of halogens is 1. The molecule has 184 valence electrons. The van der Waals surface area contributed by atoms with Gasteiger partial charge in [0.1, 0.15) is 17.9 Å². The van der Waals surface area contributed by atoms with E-state index in [0.29, 0.717) is 0 Å². The Labute approximate surface area is 214 Å². The minimum absolute atomic E-state index is 0. The minimum Gasteiger partial charge on any atom is -0.497 e. The number of methoxy groups -OCH3 is 1. The highest BCUT2D eigenvalue weighted by atomic mass is 127. The zero-order valence-corrected chi connectivity index (χ0v) is 22.4. The third-order valence-corrected chi connectivity index (χ3v) is 5.58. The molecule has 10 heteroatoms. The van der Waals surface area contributed by atoms with Crippen LogP contribution in [0.3, 0.4) is 0 Å². The molecule has 1 aliphatic heterocycles. The Hall–Kier alpha value is -2.08. The van der Waals surface area contributed by atoms with Gasteiger partial charge >= 0.3 is 0 Å². The molecule has 0 amide bonds. The van der Waals surface area contributed by atoms with Gasteiger partial charge < -0.3 is 29.2 Å². The van der Waals surface area contributed by atoms with Crippen LogP contribution in [0.5, 0.6) is 5.75 Å². The average Bonchev–Trinajstić information content (AvgIpc) is 3.30.